The third-order valence-electron chi connectivity index (χ3n) is 13.2. The molecule has 12 aromatic rings. The molecule has 0 amide bonds. The zero-order valence-corrected chi connectivity index (χ0v) is 34.3. The van der Waals surface area contributed by atoms with E-state index in [2.05, 4.69) is 217 Å². The Morgan fingerprint density at radius 1 is 0.413 bits per heavy atom. The molecule has 3 heteroatoms. The monoisotopic (exact) mass is 805 g/mol. The Labute approximate surface area is 364 Å². The van der Waals surface area contributed by atoms with Crippen LogP contribution in [0, 0.1) is 0 Å². The van der Waals surface area contributed by atoms with Gasteiger partial charge in [0.15, 0.2) is 0 Å². The first kappa shape index (κ1) is 35.6. The molecule has 0 aliphatic heterocycles. The van der Waals surface area contributed by atoms with Gasteiger partial charge in [-0.05, 0) is 92.9 Å². The van der Waals surface area contributed by atoms with E-state index in [4.69, 9.17) is 8.83 Å². The van der Waals surface area contributed by atoms with Gasteiger partial charge in [0, 0.05) is 55.5 Å². The van der Waals surface area contributed by atoms with E-state index in [1.165, 1.54) is 43.8 Å². The Kier molecular flexibility index (Phi) is 8.04. The Balaban J connectivity index is 0.934. The first-order valence-corrected chi connectivity index (χ1v) is 21.8. The maximum Gasteiger partial charge on any atom is 0.143 e. The number of anilines is 3. The summed E-state index contributed by atoms with van der Waals surface area (Å²) in [7, 11) is 0. The summed E-state index contributed by atoms with van der Waals surface area (Å²) in [5.41, 5.74) is 15.5. The molecule has 296 valence electrons. The number of para-hydroxylation sites is 2. The predicted molar refractivity (Wildman–Crippen MR) is 261 cm³/mol. The standard InChI is InChI=1S/C60H39NO2/c1-2-14-39(15-3-1)52-36-43-18-6-9-22-48(43)57-51-25-13-24-49(58(51)63-60(52)57)40-28-32-44(33-29-40)61(54-26-12-19-38-16-4-7-20-46(38)54)45-34-30-41(31-35-45)53-37-42-17-5-8-21-47(42)56-50-23-10-11-27-55(50)62-59(53)56/h1-35,37,52H,36H2. The molecule has 0 radical (unpaired) electrons. The molecular weight excluding hydrogens is 767 g/mol. The Bertz CT molecular complexity index is 3700. The van der Waals surface area contributed by atoms with Gasteiger partial charge in [-0.1, -0.05) is 176 Å². The molecule has 0 fully saturated rings. The smallest absolute Gasteiger partial charge is 0.143 e. The lowest BCUT2D eigenvalue weighted by atomic mass is 9.79. The minimum atomic E-state index is 0.144. The summed E-state index contributed by atoms with van der Waals surface area (Å²) in [6, 6.07) is 78.6. The van der Waals surface area contributed by atoms with E-state index in [1.807, 2.05) is 6.07 Å². The molecule has 0 bridgehead atoms. The molecule has 2 heterocycles. The highest BCUT2D eigenvalue weighted by molar-refractivity contribution is 6.22. The largest absolute Gasteiger partial charge is 0.459 e. The fraction of sp³-hybridized carbons (Fsp3) is 0.0333. The van der Waals surface area contributed by atoms with Gasteiger partial charge in [0.05, 0.1) is 5.69 Å². The Morgan fingerprint density at radius 3 is 1.83 bits per heavy atom. The highest BCUT2D eigenvalue weighted by Gasteiger charge is 2.32. The molecule has 2 aromatic heterocycles. The number of fused-ring (bicyclic) bond motifs is 11. The van der Waals surface area contributed by atoms with Gasteiger partial charge < -0.3 is 13.7 Å². The van der Waals surface area contributed by atoms with Crippen LogP contribution < -0.4 is 4.90 Å². The van der Waals surface area contributed by atoms with Gasteiger partial charge in [0.1, 0.15) is 22.5 Å². The van der Waals surface area contributed by atoms with Crippen LogP contribution >= 0.6 is 0 Å². The number of hydrogen-bond donors (Lipinski definition) is 0. The van der Waals surface area contributed by atoms with E-state index in [1.54, 1.807) is 0 Å². The molecule has 1 atom stereocenters. The average molecular weight is 806 g/mol. The van der Waals surface area contributed by atoms with Crippen molar-refractivity contribution in [1.82, 2.24) is 0 Å². The lowest BCUT2D eigenvalue weighted by Gasteiger charge is -2.27. The van der Waals surface area contributed by atoms with E-state index in [-0.39, 0.29) is 5.92 Å². The van der Waals surface area contributed by atoms with Gasteiger partial charge in [-0.25, -0.2) is 0 Å². The van der Waals surface area contributed by atoms with Crippen LogP contribution in [0.25, 0.3) is 87.8 Å². The SMILES string of the molecule is c1ccc(C2Cc3ccccc3-c3c2oc2c(-c4ccc(N(c5ccc(-c6cc7ccccc7c7c6oc6ccccc67)cc5)c5cccc6ccccc56)cc4)cccc32)cc1. The molecule has 0 saturated carbocycles. The zero-order valence-electron chi connectivity index (χ0n) is 34.3. The van der Waals surface area contributed by atoms with Crippen LogP contribution in [0.4, 0.5) is 17.1 Å². The fourth-order valence-electron chi connectivity index (χ4n) is 10.3. The number of furan rings is 2. The Hall–Kier alpha value is -8.14. The lowest BCUT2D eigenvalue weighted by molar-refractivity contribution is 0.516. The van der Waals surface area contributed by atoms with Crippen LogP contribution in [0.1, 0.15) is 22.8 Å². The van der Waals surface area contributed by atoms with Crippen molar-refractivity contribution < 1.29 is 8.83 Å². The topological polar surface area (TPSA) is 29.5 Å². The minimum Gasteiger partial charge on any atom is -0.459 e. The van der Waals surface area contributed by atoms with Crippen molar-refractivity contribution in [1.29, 1.82) is 0 Å². The first-order chi connectivity index (χ1) is 31.2. The summed E-state index contributed by atoms with van der Waals surface area (Å²) in [5.74, 6) is 1.19. The predicted octanol–water partition coefficient (Wildman–Crippen LogP) is 16.8. The van der Waals surface area contributed by atoms with E-state index >= 15 is 0 Å². The molecule has 1 aliphatic carbocycles. The molecule has 10 aromatic carbocycles. The van der Waals surface area contributed by atoms with Gasteiger partial charge in [-0.3, -0.25) is 0 Å². The highest BCUT2D eigenvalue weighted by atomic mass is 16.3. The van der Waals surface area contributed by atoms with E-state index in [9.17, 15) is 0 Å². The van der Waals surface area contributed by atoms with E-state index in [0.717, 1.165) is 84.4 Å². The van der Waals surface area contributed by atoms with Gasteiger partial charge >= 0.3 is 0 Å². The minimum absolute atomic E-state index is 0.144. The number of benzene rings is 10. The molecule has 3 nitrogen and oxygen atoms in total. The van der Waals surface area contributed by atoms with Gasteiger partial charge in [-0.15, -0.1) is 0 Å². The third kappa shape index (κ3) is 5.67. The summed E-state index contributed by atoms with van der Waals surface area (Å²) in [4.78, 5) is 2.38. The van der Waals surface area contributed by atoms with Crippen LogP contribution in [0.3, 0.4) is 0 Å². The maximum absolute atomic E-state index is 7.06. The second-order valence-electron chi connectivity index (χ2n) is 16.7. The molecule has 13 rings (SSSR count). The van der Waals surface area contributed by atoms with Gasteiger partial charge in [0.25, 0.3) is 0 Å². The Morgan fingerprint density at radius 2 is 1.02 bits per heavy atom. The summed E-state index contributed by atoms with van der Waals surface area (Å²) in [6.45, 7) is 0. The summed E-state index contributed by atoms with van der Waals surface area (Å²) >= 11 is 0. The van der Waals surface area contributed by atoms with Crippen LogP contribution in [0.2, 0.25) is 0 Å². The number of nitrogens with zero attached hydrogens (tertiary/aromatic N) is 1. The summed E-state index contributed by atoms with van der Waals surface area (Å²) in [6.07, 6.45) is 0.911. The van der Waals surface area contributed by atoms with Crippen LogP contribution in [-0.4, -0.2) is 0 Å². The normalized spacial score (nSPS) is 13.5. The van der Waals surface area contributed by atoms with Crippen molar-refractivity contribution in [2.45, 2.75) is 12.3 Å². The molecular formula is C60H39NO2. The summed E-state index contributed by atoms with van der Waals surface area (Å²) < 4.78 is 13.7. The van der Waals surface area contributed by atoms with E-state index in [0.29, 0.717) is 0 Å². The van der Waals surface area contributed by atoms with Crippen molar-refractivity contribution in [2.24, 2.45) is 0 Å². The average Bonchev–Trinajstić information content (AvgIpc) is 3.95. The van der Waals surface area contributed by atoms with Crippen LogP contribution in [0.5, 0.6) is 0 Å². The highest BCUT2D eigenvalue weighted by Crippen LogP contribution is 2.50. The van der Waals surface area contributed by atoms with Crippen molar-refractivity contribution in [3.05, 3.63) is 235 Å². The molecule has 1 aliphatic rings. The number of rotatable bonds is 6. The van der Waals surface area contributed by atoms with Gasteiger partial charge in [0.2, 0.25) is 0 Å². The maximum atomic E-state index is 7.06. The first-order valence-electron chi connectivity index (χ1n) is 21.8. The fourth-order valence-corrected chi connectivity index (χ4v) is 10.3. The van der Waals surface area contributed by atoms with Crippen molar-refractivity contribution >= 4 is 71.5 Å². The molecule has 0 N–H and O–H groups in total. The van der Waals surface area contributed by atoms with Crippen molar-refractivity contribution in [2.75, 3.05) is 4.90 Å². The van der Waals surface area contributed by atoms with Crippen molar-refractivity contribution in [3.8, 4) is 33.4 Å². The molecule has 0 saturated heterocycles. The molecule has 63 heavy (non-hydrogen) atoms. The van der Waals surface area contributed by atoms with Crippen LogP contribution in [0.15, 0.2) is 227 Å². The van der Waals surface area contributed by atoms with Crippen LogP contribution in [-0.2, 0) is 6.42 Å². The van der Waals surface area contributed by atoms with Gasteiger partial charge in [-0.2, -0.15) is 0 Å². The molecule has 0 spiro atoms. The summed E-state index contributed by atoms with van der Waals surface area (Å²) in [5, 5.41) is 8.23. The molecule has 1 unspecified atom stereocenters. The third-order valence-corrected chi connectivity index (χ3v) is 13.2. The van der Waals surface area contributed by atoms with Crippen molar-refractivity contribution in [3.63, 3.8) is 0 Å². The number of hydrogen-bond acceptors (Lipinski definition) is 3. The lowest BCUT2D eigenvalue weighted by Crippen LogP contribution is -2.11. The van der Waals surface area contributed by atoms with E-state index < -0.39 is 0 Å². The quantitative estimate of drug-likeness (QED) is 0.168. The zero-order chi connectivity index (χ0) is 41.4. The second kappa shape index (κ2) is 14.2. The second-order valence-corrected chi connectivity index (χ2v) is 16.7.